The van der Waals surface area contributed by atoms with E-state index in [2.05, 4.69) is 45.9 Å². The largest absolute Gasteiger partial charge is 0.393 e. The van der Waals surface area contributed by atoms with Crippen molar-refractivity contribution in [2.24, 2.45) is 39.9 Å². The molecule has 0 heterocycles. The third-order valence-electron chi connectivity index (χ3n) is 9.62. The molecule has 0 unspecified atom stereocenters. The summed E-state index contributed by atoms with van der Waals surface area (Å²) in [7, 11) is 0. The first-order chi connectivity index (χ1) is 12.2. The first-order valence-corrected chi connectivity index (χ1v) is 10.8. The molecule has 144 valence electrons. The molecule has 3 saturated carbocycles. The van der Waals surface area contributed by atoms with E-state index in [0.29, 0.717) is 35.9 Å². The van der Waals surface area contributed by atoms with Crippen molar-refractivity contribution in [3.8, 4) is 0 Å². The van der Waals surface area contributed by atoms with Crippen molar-refractivity contribution >= 4 is 5.78 Å². The number of fused-ring (bicyclic) bond motifs is 5. The lowest BCUT2D eigenvalue weighted by Gasteiger charge is -2.60. The van der Waals surface area contributed by atoms with E-state index >= 15 is 0 Å². The molecule has 0 radical (unpaired) electrons. The maximum absolute atomic E-state index is 13.1. The van der Waals surface area contributed by atoms with Gasteiger partial charge in [0.2, 0.25) is 0 Å². The molecule has 0 saturated heterocycles. The van der Waals surface area contributed by atoms with Crippen LogP contribution in [0.3, 0.4) is 0 Å². The van der Waals surface area contributed by atoms with Gasteiger partial charge in [0.1, 0.15) is 5.78 Å². The van der Waals surface area contributed by atoms with E-state index in [1.54, 1.807) is 5.57 Å². The molecule has 0 amide bonds. The molecule has 2 nitrogen and oxygen atoms in total. The lowest BCUT2D eigenvalue weighted by molar-refractivity contribution is -0.155. The van der Waals surface area contributed by atoms with Gasteiger partial charge < -0.3 is 5.11 Å². The summed E-state index contributed by atoms with van der Waals surface area (Å²) in [6.07, 6.45) is 12.7. The van der Waals surface area contributed by atoms with Crippen LogP contribution >= 0.6 is 0 Å². The molecule has 4 aliphatic carbocycles. The highest BCUT2D eigenvalue weighted by molar-refractivity contribution is 5.86. The summed E-state index contributed by atoms with van der Waals surface area (Å²) in [6, 6.07) is 0. The molecule has 4 rings (SSSR count). The van der Waals surface area contributed by atoms with Gasteiger partial charge in [-0.2, -0.15) is 0 Å². The first kappa shape index (κ1) is 18.5. The van der Waals surface area contributed by atoms with Gasteiger partial charge in [-0.3, -0.25) is 4.79 Å². The lowest BCUT2D eigenvalue weighted by Crippen LogP contribution is -2.58. The van der Waals surface area contributed by atoms with Gasteiger partial charge in [0.05, 0.1) is 6.10 Å². The fourth-order valence-corrected chi connectivity index (χ4v) is 7.99. The van der Waals surface area contributed by atoms with Gasteiger partial charge in [-0.05, 0) is 55.3 Å². The van der Waals surface area contributed by atoms with Crippen LogP contribution in [-0.2, 0) is 4.79 Å². The Morgan fingerprint density at radius 3 is 2.73 bits per heavy atom. The van der Waals surface area contributed by atoms with Gasteiger partial charge in [0, 0.05) is 23.2 Å². The number of hydrogen-bond acceptors (Lipinski definition) is 2. The second-order valence-corrected chi connectivity index (χ2v) is 10.3. The number of ketones is 1. The van der Waals surface area contributed by atoms with E-state index in [-0.39, 0.29) is 22.3 Å². The molecule has 3 fully saturated rings. The summed E-state index contributed by atoms with van der Waals surface area (Å²) in [5.74, 6) is 2.20. The third-order valence-corrected chi connectivity index (χ3v) is 9.62. The van der Waals surface area contributed by atoms with Gasteiger partial charge in [-0.1, -0.05) is 58.4 Å². The monoisotopic (exact) mass is 356 g/mol. The van der Waals surface area contributed by atoms with Crippen LogP contribution in [0.25, 0.3) is 0 Å². The summed E-state index contributed by atoms with van der Waals surface area (Å²) in [5.41, 5.74) is 1.19. The van der Waals surface area contributed by atoms with Crippen molar-refractivity contribution in [2.75, 3.05) is 0 Å². The fourth-order valence-electron chi connectivity index (χ4n) is 7.99. The van der Waals surface area contributed by atoms with Gasteiger partial charge in [0.25, 0.3) is 0 Å². The zero-order valence-electron chi connectivity index (χ0n) is 17.2. The highest BCUT2D eigenvalue weighted by Gasteiger charge is 2.68. The Morgan fingerprint density at radius 1 is 1.31 bits per heavy atom. The Morgan fingerprint density at radius 2 is 2.04 bits per heavy atom. The van der Waals surface area contributed by atoms with Crippen LogP contribution < -0.4 is 0 Å². The topological polar surface area (TPSA) is 37.3 Å². The maximum atomic E-state index is 13.1. The standard InChI is InChI=1S/C24H36O2/c1-6-20(26)24(5)15(2)13-18-17-11-10-16-9-7-8-12-22(16,3)21(17)19(25)14-23(18,24)4/h8-9,12,15,17-19,21,25H,6-7,10-11,13-14H2,1-5H3/t15-,17+,18+,19+,21-,22+,23+,24-/m1/s1. The van der Waals surface area contributed by atoms with Crippen molar-refractivity contribution in [1.82, 2.24) is 0 Å². The normalized spacial score (nSPS) is 52.7. The van der Waals surface area contributed by atoms with Crippen molar-refractivity contribution in [3.63, 3.8) is 0 Å². The summed E-state index contributed by atoms with van der Waals surface area (Å²) in [5, 5.41) is 11.4. The summed E-state index contributed by atoms with van der Waals surface area (Å²) in [4.78, 5) is 13.1. The predicted molar refractivity (Wildman–Crippen MR) is 106 cm³/mol. The van der Waals surface area contributed by atoms with Crippen LogP contribution in [0.4, 0.5) is 0 Å². The minimum atomic E-state index is -0.313. The van der Waals surface area contributed by atoms with E-state index in [1.807, 2.05) is 6.92 Å². The van der Waals surface area contributed by atoms with E-state index in [1.165, 1.54) is 6.42 Å². The number of Topliss-reactive ketones (excluding diaryl/α,β-unsaturated/α-hetero) is 1. The highest BCUT2D eigenvalue weighted by Crippen LogP contribution is 2.71. The average Bonchev–Trinajstić information content (AvgIpc) is 2.81. The Balaban J connectivity index is 1.78. The SMILES string of the molecule is CCC(=O)[C@@]1(C)[C@H](C)C[C@H]2[C@@H]3CCC4=CCC=C[C@]4(C)[C@H]3[C@@H](O)C[C@@]21C. The molecule has 0 aliphatic heterocycles. The Labute approximate surface area is 159 Å². The van der Waals surface area contributed by atoms with Crippen molar-refractivity contribution in [2.45, 2.75) is 79.2 Å². The smallest absolute Gasteiger partial charge is 0.139 e. The molecular formula is C24H36O2. The van der Waals surface area contributed by atoms with E-state index in [9.17, 15) is 9.90 Å². The second kappa shape index (κ2) is 5.80. The molecular weight excluding hydrogens is 320 g/mol. The quantitative estimate of drug-likeness (QED) is 0.680. The summed E-state index contributed by atoms with van der Waals surface area (Å²) >= 11 is 0. The molecule has 0 bridgehead atoms. The number of rotatable bonds is 2. The number of aliphatic hydroxyl groups excluding tert-OH is 1. The second-order valence-electron chi connectivity index (χ2n) is 10.3. The molecule has 0 spiro atoms. The molecule has 2 heteroatoms. The van der Waals surface area contributed by atoms with Gasteiger partial charge in [-0.15, -0.1) is 0 Å². The first-order valence-electron chi connectivity index (χ1n) is 10.8. The van der Waals surface area contributed by atoms with Crippen LogP contribution in [0.2, 0.25) is 0 Å². The number of carbonyl (C=O) groups is 1. The maximum Gasteiger partial charge on any atom is 0.139 e. The highest BCUT2D eigenvalue weighted by atomic mass is 16.3. The summed E-state index contributed by atoms with van der Waals surface area (Å²) in [6.45, 7) is 11.2. The molecule has 4 aliphatic rings. The Kier molecular flexibility index (Phi) is 4.12. The number of aliphatic hydroxyl groups is 1. The molecule has 1 N–H and O–H groups in total. The zero-order chi connectivity index (χ0) is 18.9. The molecule has 0 aromatic rings. The Hall–Kier alpha value is -0.890. The number of allylic oxidation sites excluding steroid dienone is 4. The number of hydrogen-bond donors (Lipinski definition) is 1. The van der Waals surface area contributed by atoms with Gasteiger partial charge in [-0.25, -0.2) is 0 Å². The molecule has 0 aromatic heterocycles. The van der Waals surface area contributed by atoms with Crippen LogP contribution in [0.5, 0.6) is 0 Å². The minimum absolute atomic E-state index is 0.0128. The van der Waals surface area contributed by atoms with E-state index < -0.39 is 0 Å². The van der Waals surface area contributed by atoms with Crippen LogP contribution in [0, 0.1) is 39.9 Å². The summed E-state index contributed by atoms with van der Waals surface area (Å²) < 4.78 is 0. The van der Waals surface area contributed by atoms with E-state index in [4.69, 9.17) is 0 Å². The molecule has 26 heavy (non-hydrogen) atoms. The van der Waals surface area contributed by atoms with Crippen LogP contribution in [0.1, 0.15) is 73.1 Å². The Bertz CT molecular complexity index is 676. The average molecular weight is 357 g/mol. The fraction of sp³-hybridized carbons (Fsp3) is 0.792. The zero-order valence-corrected chi connectivity index (χ0v) is 17.2. The van der Waals surface area contributed by atoms with Crippen LogP contribution in [-0.4, -0.2) is 17.0 Å². The third kappa shape index (κ3) is 2.06. The lowest BCUT2D eigenvalue weighted by atomic mass is 9.44. The minimum Gasteiger partial charge on any atom is -0.393 e. The van der Waals surface area contributed by atoms with Crippen molar-refractivity contribution in [1.29, 1.82) is 0 Å². The van der Waals surface area contributed by atoms with E-state index in [0.717, 1.165) is 25.7 Å². The van der Waals surface area contributed by atoms with Gasteiger partial charge >= 0.3 is 0 Å². The van der Waals surface area contributed by atoms with Crippen LogP contribution in [0.15, 0.2) is 23.8 Å². The molecule has 0 aromatic carbocycles. The number of carbonyl (C=O) groups excluding carboxylic acids is 1. The van der Waals surface area contributed by atoms with Crippen molar-refractivity contribution < 1.29 is 9.90 Å². The van der Waals surface area contributed by atoms with Crippen molar-refractivity contribution in [3.05, 3.63) is 23.8 Å². The predicted octanol–water partition coefficient (Wildman–Crippen LogP) is 5.32. The molecule has 8 atom stereocenters. The van der Waals surface area contributed by atoms with Gasteiger partial charge in [0.15, 0.2) is 0 Å².